The molecule has 0 radical (unpaired) electrons. The first-order chi connectivity index (χ1) is 6.27. The number of unbranched alkanes of at least 4 members (excludes halogenated alkanes) is 1. The van der Waals surface area contributed by atoms with E-state index < -0.39 is 10.1 Å². The Morgan fingerprint density at radius 1 is 1.14 bits per heavy atom. The molecule has 0 bridgehead atoms. The van der Waals surface area contributed by atoms with Gasteiger partial charge in [0.1, 0.15) is 0 Å². The zero-order valence-corrected chi connectivity index (χ0v) is 10.2. The van der Waals surface area contributed by atoms with Crippen molar-refractivity contribution in [3.8, 4) is 0 Å². The molecule has 0 aliphatic carbocycles. The zero-order chi connectivity index (χ0) is 11.2. The molecule has 0 fully saturated rings. The molecule has 5 heteroatoms. The molecule has 0 saturated carbocycles. The van der Waals surface area contributed by atoms with E-state index >= 15 is 0 Å². The lowest BCUT2D eigenvalue weighted by Gasteiger charge is -2.29. The first-order valence-electron chi connectivity index (χ1n) is 5.04. The highest BCUT2D eigenvalue weighted by Crippen LogP contribution is 2.03. The van der Waals surface area contributed by atoms with Crippen molar-refractivity contribution in [3.05, 3.63) is 0 Å². The van der Waals surface area contributed by atoms with Crippen LogP contribution in [0.4, 0.5) is 0 Å². The molecule has 0 atom stereocenters. The Labute approximate surface area is 87.3 Å². The lowest BCUT2D eigenvalue weighted by atomic mass is 10.3. The molecule has 1 N–H and O–H groups in total. The monoisotopic (exact) mass is 224 g/mol. The van der Waals surface area contributed by atoms with Gasteiger partial charge in [0.15, 0.2) is 0 Å². The molecule has 86 valence electrons. The van der Waals surface area contributed by atoms with E-state index in [1.165, 1.54) is 0 Å². The second-order valence-corrected chi connectivity index (χ2v) is 5.95. The second-order valence-electron chi connectivity index (χ2n) is 4.38. The lowest BCUT2D eigenvalue weighted by Crippen LogP contribution is -2.41. The molecule has 0 heterocycles. The van der Waals surface area contributed by atoms with Crippen molar-refractivity contribution in [1.29, 1.82) is 0 Å². The summed E-state index contributed by atoms with van der Waals surface area (Å²) >= 11 is 0. The number of nitrogens with zero attached hydrogens (tertiary/aromatic N) is 1. The summed E-state index contributed by atoms with van der Waals surface area (Å²) < 4.78 is 30.3. The minimum atomic E-state index is -3.78. The largest absolute Gasteiger partial charge is 0.328 e. The van der Waals surface area contributed by atoms with E-state index in [4.69, 9.17) is 4.55 Å². The Hall–Kier alpha value is -0.130. The summed E-state index contributed by atoms with van der Waals surface area (Å²) in [6.07, 6.45) is 2.83. The third-order valence-electron chi connectivity index (χ3n) is 2.28. The first-order valence-corrected chi connectivity index (χ1v) is 6.65. The fourth-order valence-corrected chi connectivity index (χ4v) is 1.87. The number of rotatable bonds is 7. The number of hydrogen-bond acceptors (Lipinski definition) is 2. The molecule has 0 aliphatic rings. The van der Waals surface area contributed by atoms with Crippen molar-refractivity contribution in [3.63, 3.8) is 0 Å². The molecular weight excluding hydrogens is 202 g/mol. The van der Waals surface area contributed by atoms with Crippen LogP contribution in [0.1, 0.15) is 26.2 Å². The van der Waals surface area contributed by atoms with Crippen LogP contribution in [0.3, 0.4) is 0 Å². The number of hydrogen-bond donors (Lipinski definition) is 1. The van der Waals surface area contributed by atoms with Crippen LogP contribution in [-0.4, -0.2) is 50.4 Å². The van der Waals surface area contributed by atoms with Crippen LogP contribution in [0, 0.1) is 0 Å². The standard InChI is InChI=1S/C9H21NO3S/c1-4-5-7-10(2,3)8-6-9-14(11,12)13/h4-9H2,1-3H3/p+1. The third kappa shape index (κ3) is 8.47. The van der Waals surface area contributed by atoms with E-state index in [0.29, 0.717) is 6.42 Å². The second kappa shape index (κ2) is 5.68. The molecular formula is C9H22NO3S+. The maximum Gasteiger partial charge on any atom is 0.265 e. The molecule has 0 aromatic rings. The van der Waals surface area contributed by atoms with Crippen molar-refractivity contribution in [1.82, 2.24) is 0 Å². The molecule has 0 amide bonds. The minimum Gasteiger partial charge on any atom is -0.328 e. The summed E-state index contributed by atoms with van der Waals surface area (Å²) in [5, 5.41) is 0. The molecule has 4 nitrogen and oxygen atoms in total. The molecule has 0 unspecified atom stereocenters. The molecule has 0 saturated heterocycles. The van der Waals surface area contributed by atoms with Crippen LogP contribution in [0.2, 0.25) is 0 Å². The predicted octanol–water partition coefficient (Wildman–Crippen LogP) is 1.14. The van der Waals surface area contributed by atoms with Crippen molar-refractivity contribution in [2.75, 3.05) is 32.9 Å². The summed E-state index contributed by atoms with van der Waals surface area (Å²) in [5.41, 5.74) is 0. The van der Waals surface area contributed by atoms with Gasteiger partial charge in [-0.15, -0.1) is 0 Å². The van der Waals surface area contributed by atoms with Crippen LogP contribution in [0.5, 0.6) is 0 Å². The maximum atomic E-state index is 10.5. The van der Waals surface area contributed by atoms with Gasteiger partial charge in [-0.1, -0.05) is 13.3 Å². The number of quaternary nitrogens is 1. The van der Waals surface area contributed by atoms with Crippen LogP contribution in [0.15, 0.2) is 0 Å². The van der Waals surface area contributed by atoms with Gasteiger partial charge >= 0.3 is 0 Å². The quantitative estimate of drug-likeness (QED) is 0.521. The molecule has 0 rings (SSSR count). The average Bonchev–Trinajstić information content (AvgIpc) is 1.98. The van der Waals surface area contributed by atoms with Crippen LogP contribution in [0.25, 0.3) is 0 Å². The molecule has 0 spiro atoms. The Balaban J connectivity index is 3.76. The SMILES string of the molecule is CCCC[N+](C)(C)CCCS(=O)(=O)O. The van der Waals surface area contributed by atoms with E-state index in [1.54, 1.807) is 0 Å². The maximum absolute atomic E-state index is 10.5. The van der Waals surface area contributed by atoms with E-state index in [9.17, 15) is 8.42 Å². The van der Waals surface area contributed by atoms with Gasteiger partial charge in [0.25, 0.3) is 10.1 Å². The van der Waals surface area contributed by atoms with E-state index in [2.05, 4.69) is 21.0 Å². The highest BCUT2D eigenvalue weighted by molar-refractivity contribution is 7.85. The smallest absolute Gasteiger partial charge is 0.265 e. The Kier molecular flexibility index (Phi) is 5.63. The molecule has 0 aromatic carbocycles. The van der Waals surface area contributed by atoms with Gasteiger partial charge in [0, 0.05) is 6.42 Å². The fourth-order valence-electron chi connectivity index (χ4n) is 1.37. The summed E-state index contributed by atoms with van der Waals surface area (Å²) in [6.45, 7) is 3.99. The van der Waals surface area contributed by atoms with Crippen molar-refractivity contribution >= 4 is 10.1 Å². The van der Waals surface area contributed by atoms with Gasteiger partial charge in [0.05, 0.1) is 32.9 Å². The van der Waals surface area contributed by atoms with Gasteiger partial charge in [-0.25, -0.2) is 0 Å². The van der Waals surface area contributed by atoms with Crippen molar-refractivity contribution < 1.29 is 17.5 Å². The Morgan fingerprint density at radius 2 is 1.64 bits per heavy atom. The molecule has 0 aliphatic heterocycles. The zero-order valence-electron chi connectivity index (χ0n) is 9.36. The van der Waals surface area contributed by atoms with Crippen LogP contribution >= 0.6 is 0 Å². The molecule has 14 heavy (non-hydrogen) atoms. The fraction of sp³-hybridized carbons (Fsp3) is 1.00. The predicted molar refractivity (Wildman–Crippen MR) is 57.8 cm³/mol. The summed E-state index contributed by atoms with van der Waals surface area (Å²) in [5.74, 6) is -0.124. The summed E-state index contributed by atoms with van der Waals surface area (Å²) in [4.78, 5) is 0. The van der Waals surface area contributed by atoms with Crippen LogP contribution in [-0.2, 0) is 10.1 Å². The summed E-state index contributed by atoms with van der Waals surface area (Å²) in [6, 6.07) is 0. The Bertz CT molecular complexity index is 247. The van der Waals surface area contributed by atoms with Gasteiger partial charge < -0.3 is 4.48 Å². The van der Waals surface area contributed by atoms with E-state index in [1.807, 2.05) is 0 Å². The lowest BCUT2D eigenvalue weighted by molar-refractivity contribution is -0.890. The van der Waals surface area contributed by atoms with Crippen LogP contribution < -0.4 is 0 Å². The highest BCUT2D eigenvalue weighted by Gasteiger charge is 2.15. The minimum absolute atomic E-state index is 0.124. The molecule has 0 aromatic heterocycles. The van der Waals surface area contributed by atoms with Gasteiger partial charge in [-0.2, -0.15) is 8.42 Å². The van der Waals surface area contributed by atoms with Gasteiger partial charge in [-0.05, 0) is 6.42 Å². The highest BCUT2D eigenvalue weighted by atomic mass is 32.2. The first kappa shape index (κ1) is 13.9. The van der Waals surface area contributed by atoms with Crippen molar-refractivity contribution in [2.24, 2.45) is 0 Å². The summed E-state index contributed by atoms with van der Waals surface area (Å²) in [7, 11) is 0.389. The third-order valence-corrected chi connectivity index (χ3v) is 3.09. The van der Waals surface area contributed by atoms with E-state index in [-0.39, 0.29) is 5.75 Å². The topological polar surface area (TPSA) is 54.4 Å². The van der Waals surface area contributed by atoms with Crippen molar-refractivity contribution in [2.45, 2.75) is 26.2 Å². The average molecular weight is 224 g/mol. The Morgan fingerprint density at radius 3 is 2.07 bits per heavy atom. The van der Waals surface area contributed by atoms with E-state index in [0.717, 1.165) is 30.4 Å². The van der Waals surface area contributed by atoms with Gasteiger partial charge in [-0.3, -0.25) is 4.55 Å². The normalized spacial score (nSPS) is 13.1. The van der Waals surface area contributed by atoms with Gasteiger partial charge in [0.2, 0.25) is 0 Å².